The fraction of sp³-hybridized carbons (Fsp3) is 0.867. The van der Waals surface area contributed by atoms with E-state index in [1.165, 1.54) is 0 Å². The molecule has 2 fully saturated rings. The summed E-state index contributed by atoms with van der Waals surface area (Å²) in [6, 6.07) is -1.20. The minimum absolute atomic E-state index is 0.0420. The van der Waals surface area contributed by atoms with Gasteiger partial charge in [-0.2, -0.15) is 0 Å². The van der Waals surface area contributed by atoms with Gasteiger partial charge in [0, 0.05) is 13.2 Å². The second-order valence-corrected chi connectivity index (χ2v) is 6.44. The average Bonchev–Trinajstić information content (AvgIpc) is 2.90. The SMILES string of the molecule is CC1(CNC(=O)NC(C(=O)O)C2CCCCC2)CCCO1. The summed E-state index contributed by atoms with van der Waals surface area (Å²) in [7, 11) is 0. The van der Waals surface area contributed by atoms with E-state index < -0.39 is 18.0 Å². The lowest BCUT2D eigenvalue weighted by Gasteiger charge is -2.29. The molecule has 2 atom stereocenters. The molecular formula is C15H26N2O4. The number of carbonyl (C=O) groups is 2. The van der Waals surface area contributed by atoms with E-state index in [1.807, 2.05) is 6.92 Å². The van der Waals surface area contributed by atoms with Crippen LogP contribution < -0.4 is 10.6 Å². The molecule has 2 rings (SSSR count). The third-order valence-corrected chi connectivity index (χ3v) is 4.60. The van der Waals surface area contributed by atoms with Gasteiger partial charge in [0.05, 0.1) is 5.60 Å². The molecule has 6 heteroatoms. The predicted octanol–water partition coefficient (Wildman–Crippen LogP) is 1.89. The van der Waals surface area contributed by atoms with Crippen molar-refractivity contribution in [1.82, 2.24) is 10.6 Å². The maximum atomic E-state index is 12.0. The molecule has 1 aliphatic heterocycles. The van der Waals surface area contributed by atoms with E-state index in [2.05, 4.69) is 10.6 Å². The van der Waals surface area contributed by atoms with Crippen molar-refractivity contribution in [3.05, 3.63) is 0 Å². The number of rotatable bonds is 5. The molecule has 1 heterocycles. The van der Waals surface area contributed by atoms with Crippen LogP contribution in [0.5, 0.6) is 0 Å². The van der Waals surface area contributed by atoms with Crippen molar-refractivity contribution in [3.63, 3.8) is 0 Å². The van der Waals surface area contributed by atoms with Crippen molar-refractivity contribution >= 4 is 12.0 Å². The Balaban J connectivity index is 1.81. The van der Waals surface area contributed by atoms with Crippen molar-refractivity contribution in [2.24, 2.45) is 5.92 Å². The number of carboxylic acids is 1. The molecule has 0 radical (unpaired) electrons. The number of urea groups is 1. The number of nitrogens with one attached hydrogen (secondary N) is 2. The highest BCUT2D eigenvalue weighted by atomic mass is 16.5. The summed E-state index contributed by atoms with van der Waals surface area (Å²) in [5, 5.41) is 14.7. The Morgan fingerprint density at radius 3 is 2.57 bits per heavy atom. The van der Waals surface area contributed by atoms with Gasteiger partial charge < -0.3 is 20.5 Å². The molecule has 0 aromatic carbocycles. The van der Waals surface area contributed by atoms with E-state index in [0.717, 1.165) is 51.6 Å². The molecule has 1 saturated heterocycles. The Kier molecular flexibility index (Phi) is 5.45. The Morgan fingerprint density at radius 2 is 2.00 bits per heavy atom. The smallest absolute Gasteiger partial charge is 0.326 e. The zero-order valence-corrected chi connectivity index (χ0v) is 12.7. The van der Waals surface area contributed by atoms with E-state index in [1.54, 1.807) is 0 Å². The average molecular weight is 298 g/mol. The van der Waals surface area contributed by atoms with E-state index in [0.29, 0.717) is 6.54 Å². The standard InChI is InChI=1S/C15H26N2O4/c1-15(8-5-9-21-15)10-16-14(20)17-12(13(18)19)11-6-3-2-4-7-11/h11-12H,2-10H2,1H3,(H,18,19)(H2,16,17,20). The third-order valence-electron chi connectivity index (χ3n) is 4.60. The summed E-state index contributed by atoms with van der Waals surface area (Å²) in [5.74, 6) is -0.902. The fourth-order valence-electron chi connectivity index (χ4n) is 3.28. The summed E-state index contributed by atoms with van der Waals surface area (Å²) in [4.78, 5) is 23.3. The van der Waals surface area contributed by atoms with Crippen LogP contribution in [0.2, 0.25) is 0 Å². The highest BCUT2D eigenvalue weighted by Crippen LogP contribution is 2.27. The van der Waals surface area contributed by atoms with Gasteiger partial charge in [-0.3, -0.25) is 0 Å². The normalized spacial score (nSPS) is 28.0. The number of amides is 2. The molecular weight excluding hydrogens is 272 g/mol. The molecule has 2 aliphatic rings. The molecule has 0 bridgehead atoms. The molecule has 0 spiro atoms. The quantitative estimate of drug-likeness (QED) is 0.723. The van der Waals surface area contributed by atoms with Crippen LogP contribution in [-0.2, 0) is 9.53 Å². The highest BCUT2D eigenvalue weighted by molar-refractivity contribution is 5.82. The van der Waals surface area contributed by atoms with Crippen molar-refractivity contribution < 1.29 is 19.4 Å². The minimum Gasteiger partial charge on any atom is -0.480 e. The number of carbonyl (C=O) groups excluding carboxylic acids is 1. The topological polar surface area (TPSA) is 87.7 Å². The lowest BCUT2D eigenvalue weighted by atomic mass is 9.84. The van der Waals surface area contributed by atoms with E-state index >= 15 is 0 Å². The number of ether oxygens (including phenoxy) is 1. The van der Waals surface area contributed by atoms with Gasteiger partial charge in [-0.15, -0.1) is 0 Å². The van der Waals surface area contributed by atoms with Crippen molar-refractivity contribution in [3.8, 4) is 0 Å². The zero-order valence-electron chi connectivity index (χ0n) is 12.7. The van der Waals surface area contributed by atoms with E-state index in [9.17, 15) is 14.7 Å². The maximum Gasteiger partial charge on any atom is 0.326 e. The summed E-state index contributed by atoms with van der Waals surface area (Å²) in [6.07, 6.45) is 6.91. The van der Waals surface area contributed by atoms with Gasteiger partial charge in [-0.25, -0.2) is 9.59 Å². The predicted molar refractivity (Wildman–Crippen MR) is 78.1 cm³/mol. The lowest BCUT2D eigenvalue weighted by molar-refractivity contribution is -0.141. The first kappa shape index (κ1) is 16.1. The van der Waals surface area contributed by atoms with Crippen LogP contribution in [0.15, 0.2) is 0 Å². The number of carboxylic acid groups (broad SMARTS) is 1. The Labute approximate surface area is 125 Å². The van der Waals surface area contributed by atoms with Crippen LogP contribution in [0.3, 0.4) is 0 Å². The zero-order chi connectivity index (χ0) is 15.3. The monoisotopic (exact) mass is 298 g/mol. The van der Waals surface area contributed by atoms with Crippen LogP contribution in [0.1, 0.15) is 51.9 Å². The first-order valence-electron chi connectivity index (χ1n) is 7.91. The number of hydrogen-bond donors (Lipinski definition) is 3. The highest BCUT2D eigenvalue weighted by Gasteiger charge is 2.33. The minimum atomic E-state index is -0.944. The number of aliphatic carboxylic acids is 1. The second kappa shape index (κ2) is 7.11. The second-order valence-electron chi connectivity index (χ2n) is 6.44. The number of hydrogen-bond acceptors (Lipinski definition) is 3. The largest absolute Gasteiger partial charge is 0.480 e. The van der Waals surface area contributed by atoms with Gasteiger partial charge in [-0.1, -0.05) is 19.3 Å². The summed E-state index contributed by atoms with van der Waals surface area (Å²) < 4.78 is 5.60. The van der Waals surface area contributed by atoms with Gasteiger partial charge in [0.25, 0.3) is 0 Å². The molecule has 1 aliphatic carbocycles. The Bertz CT molecular complexity index is 374. The Morgan fingerprint density at radius 1 is 1.29 bits per heavy atom. The first-order valence-corrected chi connectivity index (χ1v) is 7.91. The van der Waals surface area contributed by atoms with Gasteiger partial charge >= 0.3 is 12.0 Å². The molecule has 6 nitrogen and oxygen atoms in total. The third kappa shape index (κ3) is 4.59. The van der Waals surface area contributed by atoms with Crippen LogP contribution >= 0.6 is 0 Å². The summed E-state index contributed by atoms with van der Waals surface area (Å²) in [6.45, 7) is 3.10. The molecule has 2 amide bonds. The van der Waals surface area contributed by atoms with Crippen LogP contribution in [0.4, 0.5) is 4.79 Å². The molecule has 0 aromatic heterocycles. The van der Waals surface area contributed by atoms with Crippen molar-refractivity contribution in [1.29, 1.82) is 0 Å². The molecule has 3 N–H and O–H groups in total. The van der Waals surface area contributed by atoms with Crippen LogP contribution in [-0.4, -0.2) is 41.9 Å². The molecule has 120 valence electrons. The van der Waals surface area contributed by atoms with Gasteiger partial charge in [0.15, 0.2) is 0 Å². The van der Waals surface area contributed by atoms with Gasteiger partial charge in [0.2, 0.25) is 0 Å². The maximum absolute atomic E-state index is 12.0. The summed E-state index contributed by atoms with van der Waals surface area (Å²) >= 11 is 0. The first-order chi connectivity index (χ1) is 10.0. The van der Waals surface area contributed by atoms with Gasteiger partial charge in [-0.05, 0) is 38.5 Å². The fourth-order valence-corrected chi connectivity index (χ4v) is 3.28. The van der Waals surface area contributed by atoms with Crippen LogP contribution in [0.25, 0.3) is 0 Å². The molecule has 0 aromatic rings. The Hall–Kier alpha value is -1.30. The van der Waals surface area contributed by atoms with E-state index in [-0.39, 0.29) is 11.5 Å². The van der Waals surface area contributed by atoms with Gasteiger partial charge in [0.1, 0.15) is 6.04 Å². The van der Waals surface area contributed by atoms with Crippen LogP contribution in [0, 0.1) is 5.92 Å². The van der Waals surface area contributed by atoms with E-state index in [4.69, 9.17) is 4.74 Å². The lowest BCUT2D eigenvalue weighted by Crippen LogP contribution is -2.52. The molecule has 21 heavy (non-hydrogen) atoms. The van der Waals surface area contributed by atoms with Crippen molar-refractivity contribution in [2.75, 3.05) is 13.2 Å². The molecule has 1 saturated carbocycles. The molecule has 2 unspecified atom stereocenters. The summed E-state index contributed by atoms with van der Waals surface area (Å²) in [5.41, 5.74) is -0.319. The van der Waals surface area contributed by atoms with Crippen molar-refractivity contribution in [2.45, 2.75) is 63.5 Å².